The summed E-state index contributed by atoms with van der Waals surface area (Å²) >= 11 is 0. The van der Waals surface area contributed by atoms with Gasteiger partial charge in [0.1, 0.15) is 12.1 Å². The van der Waals surface area contributed by atoms with Crippen LogP contribution in [0.4, 0.5) is 0 Å². The molecule has 0 saturated carbocycles. The number of ether oxygens (including phenoxy) is 2. The minimum absolute atomic E-state index is 0.0267. The zero-order valence-electron chi connectivity index (χ0n) is 7.87. The van der Waals surface area contributed by atoms with Gasteiger partial charge in [0.25, 0.3) is 0 Å². The Morgan fingerprint density at radius 3 is 1.50 bits per heavy atom. The zero-order valence-corrected chi connectivity index (χ0v) is 7.87. The molecule has 0 bridgehead atoms. The van der Waals surface area contributed by atoms with Crippen molar-refractivity contribution >= 4 is 11.8 Å². The first-order chi connectivity index (χ1) is 5.69. The molecule has 0 aromatic carbocycles. The van der Waals surface area contributed by atoms with Crippen LogP contribution in [-0.2, 0) is 9.47 Å². The Morgan fingerprint density at radius 1 is 0.917 bits per heavy atom. The summed E-state index contributed by atoms with van der Waals surface area (Å²) in [4.78, 5) is 8.55. The number of rotatable bonds is 0. The summed E-state index contributed by atoms with van der Waals surface area (Å²) in [5.74, 6) is 1.34. The van der Waals surface area contributed by atoms with Gasteiger partial charge in [0, 0.05) is 0 Å². The Labute approximate surface area is 72.3 Å². The summed E-state index contributed by atoms with van der Waals surface area (Å²) < 4.78 is 10.1. The first-order valence-electron chi connectivity index (χ1n) is 3.92. The Balaban J connectivity index is 2.79. The summed E-state index contributed by atoms with van der Waals surface area (Å²) in [6.07, 6.45) is 0. The second kappa shape index (κ2) is 3.56. The van der Waals surface area contributed by atoms with Crippen LogP contribution in [0.25, 0.3) is 0 Å². The van der Waals surface area contributed by atoms with E-state index >= 15 is 0 Å². The van der Waals surface area contributed by atoms with Crippen LogP contribution in [0.2, 0.25) is 0 Å². The van der Waals surface area contributed by atoms with E-state index in [0.29, 0.717) is 11.8 Å². The van der Waals surface area contributed by atoms with Crippen LogP contribution >= 0.6 is 0 Å². The van der Waals surface area contributed by atoms with E-state index in [0.717, 1.165) is 0 Å². The number of hydrogen-bond acceptors (Lipinski definition) is 4. The van der Waals surface area contributed by atoms with Crippen molar-refractivity contribution in [3.8, 4) is 0 Å². The molecule has 0 N–H and O–H groups in total. The van der Waals surface area contributed by atoms with E-state index in [-0.39, 0.29) is 12.1 Å². The summed E-state index contributed by atoms with van der Waals surface area (Å²) in [5.41, 5.74) is 0. The standard InChI is InChI=1S/C8H14N2O2/c1-5-7(11-3)10-6(2)8(9-5)12-4/h5-6H,1-4H3/t5-,6-/m0/s1. The van der Waals surface area contributed by atoms with E-state index in [2.05, 4.69) is 9.98 Å². The molecule has 2 atom stereocenters. The number of aliphatic imine (C=N–C) groups is 2. The molecular weight excluding hydrogens is 156 g/mol. The highest BCUT2D eigenvalue weighted by Gasteiger charge is 2.22. The second-order valence-corrected chi connectivity index (χ2v) is 2.69. The van der Waals surface area contributed by atoms with Crippen molar-refractivity contribution < 1.29 is 9.47 Å². The lowest BCUT2D eigenvalue weighted by Crippen LogP contribution is -2.31. The molecule has 4 heteroatoms. The van der Waals surface area contributed by atoms with Gasteiger partial charge in [-0.2, -0.15) is 0 Å². The van der Waals surface area contributed by atoms with E-state index in [1.54, 1.807) is 14.2 Å². The van der Waals surface area contributed by atoms with Gasteiger partial charge in [-0.1, -0.05) is 0 Å². The topological polar surface area (TPSA) is 43.2 Å². The smallest absolute Gasteiger partial charge is 0.209 e. The zero-order chi connectivity index (χ0) is 9.14. The van der Waals surface area contributed by atoms with E-state index in [9.17, 15) is 0 Å². The summed E-state index contributed by atoms with van der Waals surface area (Å²) in [7, 11) is 3.21. The van der Waals surface area contributed by atoms with E-state index in [1.165, 1.54) is 0 Å². The molecule has 1 aliphatic heterocycles. The quantitative estimate of drug-likeness (QED) is 0.541. The van der Waals surface area contributed by atoms with Crippen LogP contribution in [-0.4, -0.2) is 38.1 Å². The third-order valence-corrected chi connectivity index (χ3v) is 1.77. The highest BCUT2D eigenvalue weighted by atomic mass is 16.5. The van der Waals surface area contributed by atoms with Crippen molar-refractivity contribution in [2.24, 2.45) is 9.98 Å². The van der Waals surface area contributed by atoms with Crippen molar-refractivity contribution in [1.29, 1.82) is 0 Å². The molecule has 1 heterocycles. The van der Waals surface area contributed by atoms with Crippen molar-refractivity contribution in [1.82, 2.24) is 0 Å². The fourth-order valence-corrected chi connectivity index (χ4v) is 1.15. The van der Waals surface area contributed by atoms with E-state index < -0.39 is 0 Å². The molecule has 0 fully saturated rings. The molecule has 0 amide bonds. The van der Waals surface area contributed by atoms with Crippen LogP contribution < -0.4 is 0 Å². The molecule has 0 unspecified atom stereocenters. The second-order valence-electron chi connectivity index (χ2n) is 2.69. The molecule has 0 aliphatic carbocycles. The Morgan fingerprint density at radius 2 is 1.25 bits per heavy atom. The molecule has 0 radical (unpaired) electrons. The first-order valence-corrected chi connectivity index (χ1v) is 3.92. The van der Waals surface area contributed by atoms with Gasteiger partial charge < -0.3 is 9.47 Å². The Hall–Kier alpha value is -1.06. The number of hydrogen-bond donors (Lipinski definition) is 0. The third kappa shape index (κ3) is 1.57. The van der Waals surface area contributed by atoms with Crippen LogP contribution in [0.1, 0.15) is 13.8 Å². The Bertz CT molecular complexity index is 199. The highest BCUT2D eigenvalue weighted by Crippen LogP contribution is 2.09. The molecule has 1 rings (SSSR count). The van der Waals surface area contributed by atoms with Gasteiger partial charge in [-0.25, -0.2) is 9.98 Å². The minimum atomic E-state index is -0.0267. The fourth-order valence-electron chi connectivity index (χ4n) is 1.15. The van der Waals surface area contributed by atoms with Crippen molar-refractivity contribution in [2.45, 2.75) is 25.9 Å². The molecule has 1 aliphatic rings. The van der Waals surface area contributed by atoms with Gasteiger partial charge in [0.15, 0.2) is 0 Å². The lowest BCUT2D eigenvalue weighted by Gasteiger charge is -2.20. The van der Waals surface area contributed by atoms with E-state index in [4.69, 9.17) is 9.47 Å². The summed E-state index contributed by atoms with van der Waals surface area (Å²) in [6, 6.07) is -0.0534. The minimum Gasteiger partial charge on any atom is -0.483 e. The average molecular weight is 170 g/mol. The van der Waals surface area contributed by atoms with Gasteiger partial charge >= 0.3 is 0 Å². The van der Waals surface area contributed by atoms with Crippen LogP contribution in [0.3, 0.4) is 0 Å². The predicted octanol–water partition coefficient (Wildman–Crippen LogP) is 0.867. The SMILES string of the molecule is COC1=N[C@@H](C)C(OC)=N[C@H]1C. The molecule has 0 aromatic heterocycles. The van der Waals surface area contributed by atoms with Crippen LogP contribution in [0, 0.1) is 0 Å². The maximum Gasteiger partial charge on any atom is 0.209 e. The van der Waals surface area contributed by atoms with Crippen molar-refractivity contribution in [3.05, 3.63) is 0 Å². The third-order valence-electron chi connectivity index (χ3n) is 1.77. The van der Waals surface area contributed by atoms with Gasteiger partial charge in [0.05, 0.1) is 14.2 Å². The summed E-state index contributed by atoms with van der Waals surface area (Å²) in [5, 5.41) is 0. The number of nitrogens with zero attached hydrogens (tertiary/aromatic N) is 2. The number of methoxy groups -OCH3 is 2. The summed E-state index contributed by atoms with van der Waals surface area (Å²) in [6.45, 7) is 3.85. The lowest BCUT2D eigenvalue weighted by atomic mass is 10.2. The predicted molar refractivity (Wildman–Crippen MR) is 47.8 cm³/mol. The molecule has 0 saturated heterocycles. The van der Waals surface area contributed by atoms with Gasteiger partial charge in [-0.05, 0) is 13.8 Å². The monoisotopic (exact) mass is 170 g/mol. The van der Waals surface area contributed by atoms with Crippen molar-refractivity contribution in [2.75, 3.05) is 14.2 Å². The van der Waals surface area contributed by atoms with Gasteiger partial charge in [-0.15, -0.1) is 0 Å². The maximum absolute atomic E-state index is 5.05. The molecule has 12 heavy (non-hydrogen) atoms. The highest BCUT2D eigenvalue weighted by molar-refractivity contribution is 5.93. The molecule has 0 spiro atoms. The van der Waals surface area contributed by atoms with Gasteiger partial charge in [0.2, 0.25) is 11.8 Å². The van der Waals surface area contributed by atoms with Crippen LogP contribution in [0.15, 0.2) is 9.98 Å². The lowest BCUT2D eigenvalue weighted by molar-refractivity contribution is 0.352. The average Bonchev–Trinajstić information content (AvgIpc) is 2.08. The normalized spacial score (nSPS) is 29.0. The molecule has 68 valence electrons. The molecule has 4 nitrogen and oxygen atoms in total. The van der Waals surface area contributed by atoms with Gasteiger partial charge in [-0.3, -0.25) is 0 Å². The first kappa shape index (κ1) is 9.03. The maximum atomic E-state index is 5.05. The fraction of sp³-hybridized carbons (Fsp3) is 0.750. The Kier molecular flexibility index (Phi) is 2.68. The van der Waals surface area contributed by atoms with Crippen molar-refractivity contribution in [3.63, 3.8) is 0 Å². The molecular formula is C8H14N2O2. The molecule has 0 aromatic rings. The van der Waals surface area contributed by atoms with Crippen LogP contribution in [0.5, 0.6) is 0 Å². The van der Waals surface area contributed by atoms with E-state index in [1.807, 2.05) is 13.8 Å². The largest absolute Gasteiger partial charge is 0.483 e.